The second-order valence-electron chi connectivity index (χ2n) is 5.31. The number of benzene rings is 1. The summed E-state index contributed by atoms with van der Waals surface area (Å²) in [6.07, 6.45) is 4.93. The molecule has 1 aliphatic rings. The number of urea groups is 1. The highest BCUT2D eigenvalue weighted by Gasteiger charge is 2.32. The van der Waals surface area contributed by atoms with Crippen LogP contribution in [0.15, 0.2) is 24.3 Å². The Balaban J connectivity index is 1.93. The molecule has 0 unspecified atom stereocenters. The first kappa shape index (κ1) is 14.7. The van der Waals surface area contributed by atoms with Crippen LogP contribution in [0, 0.1) is 0 Å². The van der Waals surface area contributed by atoms with Gasteiger partial charge in [0.05, 0.1) is 19.3 Å². The van der Waals surface area contributed by atoms with Crippen LogP contribution in [0.1, 0.15) is 32.1 Å². The van der Waals surface area contributed by atoms with Crippen molar-refractivity contribution in [2.24, 2.45) is 0 Å². The van der Waals surface area contributed by atoms with Crippen LogP contribution in [-0.4, -0.2) is 30.4 Å². The quantitative estimate of drug-likeness (QED) is 0.792. The van der Waals surface area contributed by atoms with E-state index in [1.54, 1.807) is 31.4 Å². The normalized spacial score (nSPS) is 17.3. The molecule has 1 aliphatic carbocycles. The number of aliphatic hydroxyl groups is 1. The van der Waals surface area contributed by atoms with Gasteiger partial charge in [-0.05, 0) is 37.1 Å². The molecular formula is C15H22N2O3. The molecule has 0 atom stereocenters. The monoisotopic (exact) mass is 278 g/mol. The predicted molar refractivity (Wildman–Crippen MR) is 78.1 cm³/mol. The lowest BCUT2D eigenvalue weighted by atomic mass is 9.82. The zero-order valence-electron chi connectivity index (χ0n) is 11.8. The van der Waals surface area contributed by atoms with Crippen molar-refractivity contribution in [1.29, 1.82) is 0 Å². The van der Waals surface area contributed by atoms with E-state index in [4.69, 9.17) is 4.74 Å². The van der Waals surface area contributed by atoms with Crippen LogP contribution in [-0.2, 0) is 0 Å². The Bertz CT molecular complexity index is 439. The second kappa shape index (κ2) is 6.61. The van der Waals surface area contributed by atoms with Gasteiger partial charge < -0.3 is 20.5 Å². The molecule has 1 aromatic carbocycles. The largest absolute Gasteiger partial charge is 0.497 e. The van der Waals surface area contributed by atoms with Gasteiger partial charge in [-0.1, -0.05) is 19.3 Å². The molecule has 0 aliphatic heterocycles. The minimum atomic E-state index is -0.463. The molecule has 1 fully saturated rings. The van der Waals surface area contributed by atoms with Crippen molar-refractivity contribution in [3.05, 3.63) is 24.3 Å². The third kappa shape index (κ3) is 3.63. The summed E-state index contributed by atoms with van der Waals surface area (Å²) in [7, 11) is 1.60. The number of carbonyl (C=O) groups is 1. The fourth-order valence-corrected chi connectivity index (χ4v) is 2.63. The number of methoxy groups -OCH3 is 1. The summed E-state index contributed by atoms with van der Waals surface area (Å²) in [5.41, 5.74) is 0.238. The summed E-state index contributed by atoms with van der Waals surface area (Å²) in [6, 6.07) is 6.87. The van der Waals surface area contributed by atoms with Crippen molar-refractivity contribution < 1.29 is 14.6 Å². The first-order chi connectivity index (χ1) is 9.67. The highest BCUT2D eigenvalue weighted by atomic mass is 16.5. The van der Waals surface area contributed by atoms with Gasteiger partial charge in [0.1, 0.15) is 5.75 Å². The number of ether oxygens (including phenoxy) is 1. The molecule has 0 bridgehead atoms. The van der Waals surface area contributed by atoms with Crippen LogP contribution >= 0.6 is 0 Å². The van der Waals surface area contributed by atoms with Crippen molar-refractivity contribution in [3.8, 4) is 5.75 Å². The number of aliphatic hydroxyl groups excluding tert-OH is 1. The Kier molecular flexibility index (Phi) is 4.84. The third-order valence-electron chi connectivity index (χ3n) is 3.84. The number of rotatable bonds is 4. The number of amides is 2. The Morgan fingerprint density at radius 1 is 1.25 bits per heavy atom. The van der Waals surface area contributed by atoms with Gasteiger partial charge in [-0.15, -0.1) is 0 Å². The van der Waals surface area contributed by atoms with Crippen LogP contribution in [0.3, 0.4) is 0 Å². The lowest BCUT2D eigenvalue weighted by molar-refractivity contribution is 0.128. The lowest BCUT2D eigenvalue weighted by Crippen LogP contribution is -2.53. The molecule has 5 heteroatoms. The zero-order chi connectivity index (χ0) is 14.4. The number of anilines is 1. The fourth-order valence-electron chi connectivity index (χ4n) is 2.63. The summed E-state index contributed by atoms with van der Waals surface area (Å²) in [5, 5.41) is 15.3. The molecule has 2 amide bonds. The van der Waals surface area contributed by atoms with Crippen LogP contribution in [0.4, 0.5) is 10.5 Å². The molecule has 0 spiro atoms. The topological polar surface area (TPSA) is 70.6 Å². The van der Waals surface area contributed by atoms with E-state index in [0.717, 1.165) is 31.4 Å². The predicted octanol–water partition coefficient (Wildman–Crippen LogP) is 2.51. The van der Waals surface area contributed by atoms with Crippen molar-refractivity contribution in [3.63, 3.8) is 0 Å². The van der Waals surface area contributed by atoms with Crippen molar-refractivity contribution in [2.45, 2.75) is 37.6 Å². The van der Waals surface area contributed by atoms with E-state index in [1.165, 1.54) is 6.42 Å². The van der Waals surface area contributed by atoms with E-state index < -0.39 is 5.54 Å². The smallest absolute Gasteiger partial charge is 0.319 e. The summed E-state index contributed by atoms with van der Waals surface area (Å²) < 4.78 is 5.07. The fraction of sp³-hybridized carbons (Fsp3) is 0.533. The first-order valence-corrected chi connectivity index (χ1v) is 7.01. The van der Waals surface area contributed by atoms with E-state index in [1.807, 2.05) is 0 Å². The van der Waals surface area contributed by atoms with E-state index >= 15 is 0 Å². The molecule has 0 aromatic heterocycles. The Morgan fingerprint density at radius 2 is 1.90 bits per heavy atom. The molecule has 3 N–H and O–H groups in total. The van der Waals surface area contributed by atoms with Crippen LogP contribution in [0.2, 0.25) is 0 Å². The van der Waals surface area contributed by atoms with Crippen LogP contribution in [0.25, 0.3) is 0 Å². The number of nitrogens with one attached hydrogen (secondary N) is 2. The molecule has 1 saturated carbocycles. The maximum atomic E-state index is 12.0. The van der Waals surface area contributed by atoms with Crippen molar-refractivity contribution in [1.82, 2.24) is 5.32 Å². The van der Waals surface area contributed by atoms with E-state index in [2.05, 4.69) is 10.6 Å². The molecule has 110 valence electrons. The van der Waals surface area contributed by atoms with Crippen molar-refractivity contribution in [2.75, 3.05) is 19.0 Å². The number of hydrogen-bond donors (Lipinski definition) is 3. The van der Waals surface area contributed by atoms with Gasteiger partial charge in [-0.25, -0.2) is 4.79 Å². The third-order valence-corrected chi connectivity index (χ3v) is 3.84. The van der Waals surface area contributed by atoms with Gasteiger partial charge >= 0.3 is 6.03 Å². The summed E-state index contributed by atoms with van der Waals surface area (Å²) >= 11 is 0. The second-order valence-corrected chi connectivity index (χ2v) is 5.31. The average molecular weight is 278 g/mol. The number of hydrogen-bond acceptors (Lipinski definition) is 3. The van der Waals surface area contributed by atoms with Gasteiger partial charge in [0.15, 0.2) is 0 Å². The minimum Gasteiger partial charge on any atom is -0.497 e. The number of carbonyl (C=O) groups excluding carboxylic acids is 1. The zero-order valence-corrected chi connectivity index (χ0v) is 11.8. The average Bonchev–Trinajstić information content (AvgIpc) is 2.49. The van der Waals surface area contributed by atoms with Gasteiger partial charge in [0, 0.05) is 5.69 Å². The molecule has 5 nitrogen and oxygen atoms in total. The van der Waals surface area contributed by atoms with E-state index in [9.17, 15) is 9.90 Å². The molecule has 1 aromatic rings. The maximum absolute atomic E-state index is 12.0. The molecule has 0 heterocycles. The molecule has 2 rings (SSSR count). The van der Waals surface area contributed by atoms with E-state index in [-0.39, 0.29) is 12.6 Å². The summed E-state index contributed by atoms with van der Waals surface area (Å²) in [6.45, 7) is -0.0109. The first-order valence-electron chi connectivity index (χ1n) is 7.01. The van der Waals surface area contributed by atoms with Crippen LogP contribution in [0.5, 0.6) is 5.75 Å². The van der Waals surface area contributed by atoms with E-state index in [0.29, 0.717) is 5.69 Å². The molecule has 20 heavy (non-hydrogen) atoms. The Morgan fingerprint density at radius 3 is 2.45 bits per heavy atom. The van der Waals surface area contributed by atoms with Crippen LogP contribution < -0.4 is 15.4 Å². The molecule has 0 saturated heterocycles. The van der Waals surface area contributed by atoms with Gasteiger partial charge in [0.2, 0.25) is 0 Å². The highest BCUT2D eigenvalue weighted by molar-refractivity contribution is 5.89. The summed E-state index contributed by atoms with van der Waals surface area (Å²) in [4.78, 5) is 12.0. The maximum Gasteiger partial charge on any atom is 0.319 e. The Hall–Kier alpha value is -1.75. The molecule has 0 radical (unpaired) electrons. The van der Waals surface area contributed by atoms with Gasteiger partial charge in [0.25, 0.3) is 0 Å². The summed E-state index contributed by atoms with van der Waals surface area (Å²) in [5.74, 6) is 0.745. The van der Waals surface area contributed by atoms with Gasteiger partial charge in [-0.2, -0.15) is 0 Å². The standard InChI is InChI=1S/C15H22N2O3/c1-20-13-7-5-12(6-8-13)16-14(19)17-15(11-18)9-3-2-4-10-15/h5-8,18H,2-4,9-11H2,1H3,(H2,16,17,19). The highest BCUT2D eigenvalue weighted by Crippen LogP contribution is 2.27. The lowest BCUT2D eigenvalue weighted by Gasteiger charge is -2.36. The molecular weight excluding hydrogens is 256 g/mol. The Labute approximate surface area is 119 Å². The van der Waals surface area contributed by atoms with Gasteiger partial charge in [-0.3, -0.25) is 0 Å². The minimum absolute atomic E-state index is 0.0109. The van der Waals surface area contributed by atoms with Crippen molar-refractivity contribution >= 4 is 11.7 Å². The SMILES string of the molecule is COc1ccc(NC(=O)NC2(CO)CCCCC2)cc1.